The Balaban J connectivity index is 1.72. The van der Waals surface area contributed by atoms with Crippen LogP contribution in [0.5, 0.6) is 0 Å². The van der Waals surface area contributed by atoms with Crippen molar-refractivity contribution in [3.8, 4) is 0 Å². The number of nitrogens with zero attached hydrogens (tertiary/aromatic N) is 3. The summed E-state index contributed by atoms with van der Waals surface area (Å²) in [6.07, 6.45) is -0.354. The highest BCUT2D eigenvalue weighted by Crippen LogP contribution is 2.26. The summed E-state index contributed by atoms with van der Waals surface area (Å²) in [7, 11) is 0. The zero-order valence-electron chi connectivity index (χ0n) is 16.5. The lowest BCUT2D eigenvalue weighted by molar-refractivity contribution is -0.143. The van der Waals surface area contributed by atoms with Crippen molar-refractivity contribution in [1.29, 1.82) is 0 Å². The summed E-state index contributed by atoms with van der Waals surface area (Å²) in [6.45, 7) is 8.24. The molecule has 0 radical (unpaired) electrons. The van der Waals surface area contributed by atoms with E-state index in [1.165, 1.54) is 12.1 Å². The van der Waals surface area contributed by atoms with Crippen molar-refractivity contribution in [3.05, 3.63) is 35.6 Å². The molecule has 1 aromatic rings. The maximum atomic E-state index is 13.1. The maximum absolute atomic E-state index is 13.1. The summed E-state index contributed by atoms with van der Waals surface area (Å²) in [5.41, 5.74) is 0.449. The van der Waals surface area contributed by atoms with Crippen molar-refractivity contribution in [2.75, 3.05) is 32.1 Å². The lowest BCUT2D eigenvalue weighted by Crippen LogP contribution is -2.70. The second kappa shape index (κ2) is 8.25. The lowest BCUT2D eigenvalue weighted by Gasteiger charge is -2.53. The Bertz CT molecular complexity index is 706. The molecule has 2 fully saturated rings. The van der Waals surface area contributed by atoms with Gasteiger partial charge in [0.15, 0.2) is 0 Å². The van der Waals surface area contributed by atoms with Gasteiger partial charge < -0.3 is 14.5 Å². The Morgan fingerprint density at radius 1 is 1.11 bits per heavy atom. The van der Waals surface area contributed by atoms with Crippen LogP contribution in [0.25, 0.3) is 0 Å². The standard InChI is InChI=1S/C20H27ClFN3O3/c1-20(2,3)28-19(27)24-12-16-10-23(9-14-4-6-15(22)7-5-14)11-17(13-24)25(16)18(26)8-21/h4-7,16-17H,8-13H2,1-3H3. The minimum atomic E-state index is -0.566. The van der Waals surface area contributed by atoms with Gasteiger partial charge in [-0.05, 0) is 38.5 Å². The van der Waals surface area contributed by atoms with E-state index >= 15 is 0 Å². The van der Waals surface area contributed by atoms with Crippen LogP contribution in [0.1, 0.15) is 26.3 Å². The van der Waals surface area contributed by atoms with Gasteiger partial charge in [-0.15, -0.1) is 11.6 Å². The summed E-state index contributed by atoms with van der Waals surface area (Å²) in [5, 5.41) is 0. The third kappa shape index (κ3) is 4.94. The van der Waals surface area contributed by atoms with E-state index < -0.39 is 5.60 Å². The van der Waals surface area contributed by atoms with Gasteiger partial charge in [0, 0.05) is 32.7 Å². The summed E-state index contributed by atoms with van der Waals surface area (Å²) in [4.78, 5) is 30.7. The molecular weight excluding hydrogens is 385 g/mol. The molecule has 2 atom stereocenters. The Morgan fingerprint density at radius 3 is 2.18 bits per heavy atom. The largest absolute Gasteiger partial charge is 0.444 e. The molecule has 2 bridgehead atoms. The van der Waals surface area contributed by atoms with Crippen LogP contribution in [0.2, 0.25) is 0 Å². The minimum absolute atomic E-state index is 0.0720. The van der Waals surface area contributed by atoms with E-state index in [-0.39, 0.29) is 35.8 Å². The van der Waals surface area contributed by atoms with Gasteiger partial charge in [0.05, 0.1) is 12.1 Å². The van der Waals surface area contributed by atoms with Crippen molar-refractivity contribution in [3.63, 3.8) is 0 Å². The molecule has 1 aromatic carbocycles. The normalized spacial score (nSPS) is 22.9. The number of amides is 2. The topological polar surface area (TPSA) is 53.1 Å². The van der Waals surface area contributed by atoms with Crippen molar-refractivity contribution >= 4 is 23.6 Å². The van der Waals surface area contributed by atoms with Gasteiger partial charge in [0.1, 0.15) is 17.3 Å². The van der Waals surface area contributed by atoms with E-state index in [4.69, 9.17) is 16.3 Å². The predicted molar refractivity (Wildman–Crippen MR) is 105 cm³/mol. The van der Waals surface area contributed by atoms with Crippen molar-refractivity contribution < 1.29 is 18.7 Å². The Hall–Kier alpha value is -1.86. The minimum Gasteiger partial charge on any atom is -0.444 e. The molecule has 0 aliphatic carbocycles. The number of piperazine rings is 2. The summed E-state index contributed by atoms with van der Waals surface area (Å²) < 4.78 is 18.7. The van der Waals surface area contributed by atoms with E-state index in [0.29, 0.717) is 32.7 Å². The molecule has 6 nitrogen and oxygen atoms in total. The van der Waals surface area contributed by atoms with E-state index in [9.17, 15) is 14.0 Å². The van der Waals surface area contributed by atoms with Gasteiger partial charge in [-0.2, -0.15) is 0 Å². The third-order valence-electron chi connectivity index (χ3n) is 4.96. The van der Waals surface area contributed by atoms with Crippen LogP contribution in [-0.2, 0) is 16.1 Å². The fraction of sp³-hybridized carbons (Fsp3) is 0.600. The van der Waals surface area contributed by atoms with Crippen LogP contribution in [0, 0.1) is 5.82 Å². The van der Waals surface area contributed by atoms with Crippen LogP contribution in [0.3, 0.4) is 0 Å². The van der Waals surface area contributed by atoms with Crippen molar-refractivity contribution in [2.24, 2.45) is 0 Å². The number of hydrogen-bond acceptors (Lipinski definition) is 4. The second-order valence-corrected chi connectivity index (χ2v) is 8.72. The molecule has 3 rings (SSSR count). The molecule has 0 aromatic heterocycles. The third-order valence-corrected chi connectivity index (χ3v) is 5.19. The predicted octanol–water partition coefficient (Wildman–Crippen LogP) is 2.70. The first-order chi connectivity index (χ1) is 13.2. The molecule has 2 aliphatic rings. The van der Waals surface area contributed by atoms with E-state index in [2.05, 4.69) is 4.90 Å². The molecular formula is C20H27ClFN3O3. The zero-order chi connectivity index (χ0) is 20.5. The molecule has 0 spiro atoms. The molecule has 2 unspecified atom stereocenters. The van der Waals surface area contributed by atoms with Gasteiger partial charge >= 0.3 is 6.09 Å². The maximum Gasteiger partial charge on any atom is 0.410 e. The van der Waals surface area contributed by atoms with Gasteiger partial charge in [0.25, 0.3) is 0 Å². The highest BCUT2D eigenvalue weighted by Gasteiger charge is 2.44. The first-order valence-electron chi connectivity index (χ1n) is 9.48. The molecule has 2 heterocycles. The smallest absolute Gasteiger partial charge is 0.410 e. The first-order valence-corrected chi connectivity index (χ1v) is 10.0. The second-order valence-electron chi connectivity index (χ2n) is 8.45. The van der Waals surface area contributed by atoms with Crippen LogP contribution in [-0.4, -0.2) is 76.4 Å². The zero-order valence-corrected chi connectivity index (χ0v) is 17.3. The monoisotopic (exact) mass is 411 g/mol. The van der Waals surface area contributed by atoms with E-state index in [0.717, 1.165) is 5.56 Å². The summed E-state index contributed by atoms with van der Waals surface area (Å²) >= 11 is 5.82. The summed E-state index contributed by atoms with van der Waals surface area (Å²) in [5.74, 6) is -0.440. The number of fused-ring (bicyclic) bond motifs is 2. The fourth-order valence-electron chi connectivity index (χ4n) is 3.95. The number of carbonyl (C=O) groups excluding carboxylic acids is 2. The van der Waals surface area contributed by atoms with E-state index in [1.54, 1.807) is 17.0 Å². The van der Waals surface area contributed by atoms with Crippen LogP contribution < -0.4 is 0 Å². The SMILES string of the molecule is CC(C)(C)OC(=O)N1CC2CN(Cc3ccc(F)cc3)CC(C1)N2C(=O)CCl. The highest BCUT2D eigenvalue weighted by atomic mass is 35.5. The van der Waals surface area contributed by atoms with Crippen LogP contribution in [0.4, 0.5) is 9.18 Å². The number of rotatable bonds is 3. The number of carbonyl (C=O) groups is 2. The summed E-state index contributed by atoms with van der Waals surface area (Å²) in [6, 6.07) is 6.16. The van der Waals surface area contributed by atoms with Crippen molar-refractivity contribution in [2.45, 2.75) is 45.0 Å². The van der Waals surface area contributed by atoms with Crippen LogP contribution >= 0.6 is 11.6 Å². The van der Waals surface area contributed by atoms with Crippen LogP contribution in [0.15, 0.2) is 24.3 Å². The van der Waals surface area contributed by atoms with Gasteiger partial charge in [0.2, 0.25) is 5.91 Å². The first kappa shape index (κ1) is 20.9. The molecule has 2 amide bonds. The molecule has 8 heteroatoms. The van der Waals surface area contributed by atoms with Gasteiger partial charge in [-0.3, -0.25) is 9.69 Å². The number of hydrogen-bond donors (Lipinski definition) is 0. The Kier molecular flexibility index (Phi) is 6.15. The fourth-order valence-corrected chi connectivity index (χ4v) is 4.09. The molecule has 28 heavy (non-hydrogen) atoms. The number of benzene rings is 1. The molecule has 0 saturated carbocycles. The average molecular weight is 412 g/mol. The Labute approximate surface area is 170 Å². The average Bonchev–Trinajstić information content (AvgIpc) is 2.60. The molecule has 154 valence electrons. The highest BCUT2D eigenvalue weighted by molar-refractivity contribution is 6.27. The molecule has 0 N–H and O–H groups in total. The number of ether oxygens (including phenoxy) is 1. The molecule has 2 saturated heterocycles. The number of alkyl halides is 1. The molecule has 2 aliphatic heterocycles. The quantitative estimate of drug-likeness (QED) is 0.717. The lowest BCUT2D eigenvalue weighted by atomic mass is 9.99. The Morgan fingerprint density at radius 2 is 1.68 bits per heavy atom. The van der Waals surface area contributed by atoms with E-state index in [1.807, 2.05) is 25.7 Å². The number of halogens is 2. The van der Waals surface area contributed by atoms with Gasteiger partial charge in [-0.1, -0.05) is 12.1 Å². The van der Waals surface area contributed by atoms with Crippen molar-refractivity contribution in [1.82, 2.24) is 14.7 Å². The van der Waals surface area contributed by atoms with Gasteiger partial charge in [-0.25, -0.2) is 9.18 Å².